The van der Waals surface area contributed by atoms with Gasteiger partial charge < -0.3 is 20.3 Å². The van der Waals surface area contributed by atoms with Gasteiger partial charge in [0.2, 0.25) is 5.91 Å². The topological polar surface area (TPSA) is 53.6 Å². The molecule has 0 unspecified atom stereocenters. The number of nitrogens with one attached hydrogen (secondary N) is 2. The number of amides is 1. The zero-order chi connectivity index (χ0) is 12.3. The molecule has 100 valence electrons. The summed E-state index contributed by atoms with van der Waals surface area (Å²) in [7, 11) is 1.65. The first-order valence-electron chi connectivity index (χ1n) is 6.51. The van der Waals surface area contributed by atoms with E-state index in [0.717, 1.165) is 26.1 Å². The fraction of sp³-hybridized carbons (Fsp3) is 0.917. The lowest BCUT2D eigenvalue weighted by molar-refractivity contribution is -0.120. The Morgan fingerprint density at radius 3 is 2.76 bits per heavy atom. The third kappa shape index (κ3) is 7.31. The quantitative estimate of drug-likeness (QED) is 0.552. The Kier molecular flexibility index (Phi) is 7.96. The Hall–Kier alpha value is -0.650. The summed E-state index contributed by atoms with van der Waals surface area (Å²) < 4.78 is 4.88. The lowest BCUT2D eigenvalue weighted by Gasteiger charge is -2.14. The van der Waals surface area contributed by atoms with Crippen LogP contribution >= 0.6 is 0 Å². The summed E-state index contributed by atoms with van der Waals surface area (Å²) in [6, 6.07) is 0. The van der Waals surface area contributed by atoms with E-state index in [0.29, 0.717) is 13.2 Å². The van der Waals surface area contributed by atoms with Crippen LogP contribution in [0.2, 0.25) is 0 Å². The molecule has 1 aliphatic rings. The van der Waals surface area contributed by atoms with E-state index in [1.807, 2.05) is 0 Å². The van der Waals surface area contributed by atoms with Crippen LogP contribution in [0.5, 0.6) is 0 Å². The molecule has 0 aliphatic carbocycles. The van der Waals surface area contributed by atoms with Crippen molar-refractivity contribution < 1.29 is 9.53 Å². The van der Waals surface area contributed by atoms with Gasteiger partial charge in [-0.15, -0.1) is 0 Å². The molecule has 2 N–H and O–H groups in total. The number of methoxy groups -OCH3 is 1. The molecule has 1 amide bonds. The fourth-order valence-corrected chi connectivity index (χ4v) is 1.98. The summed E-state index contributed by atoms with van der Waals surface area (Å²) in [5.74, 6) is 0.0718. The Labute approximate surface area is 104 Å². The van der Waals surface area contributed by atoms with E-state index in [2.05, 4.69) is 15.5 Å². The molecular weight excluding hydrogens is 218 g/mol. The molecule has 0 atom stereocenters. The second kappa shape index (κ2) is 9.39. The molecule has 1 heterocycles. The van der Waals surface area contributed by atoms with E-state index in [1.54, 1.807) is 7.11 Å². The summed E-state index contributed by atoms with van der Waals surface area (Å²) in [6.07, 6.45) is 3.70. The number of hydrogen-bond acceptors (Lipinski definition) is 4. The second-order valence-electron chi connectivity index (χ2n) is 4.42. The highest BCUT2D eigenvalue weighted by atomic mass is 16.5. The van der Waals surface area contributed by atoms with Gasteiger partial charge in [-0.3, -0.25) is 4.79 Å². The molecule has 0 aromatic heterocycles. The van der Waals surface area contributed by atoms with E-state index in [1.165, 1.54) is 25.9 Å². The van der Waals surface area contributed by atoms with Crippen LogP contribution in [0.4, 0.5) is 0 Å². The SMILES string of the molecule is COCCNCC(=O)NCCCN1CCCC1. The van der Waals surface area contributed by atoms with Crippen molar-refractivity contribution in [2.75, 3.05) is 53.0 Å². The number of carbonyl (C=O) groups is 1. The summed E-state index contributed by atoms with van der Waals surface area (Å²) >= 11 is 0. The Morgan fingerprint density at radius 1 is 1.29 bits per heavy atom. The monoisotopic (exact) mass is 243 g/mol. The third-order valence-corrected chi connectivity index (χ3v) is 2.94. The minimum atomic E-state index is 0.0718. The molecule has 17 heavy (non-hydrogen) atoms. The van der Waals surface area contributed by atoms with Gasteiger partial charge in [-0.25, -0.2) is 0 Å². The molecule has 0 bridgehead atoms. The maximum absolute atomic E-state index is 11.4. The molecule has 0 aromatic rings. The Bertz CT molecular complexity index is 206. The molecule has 0 spiro atoms. The van der Waals surface area contributed by atoms with Crippen LogP contribution in [-0.4, -0.2) is 63.8 Å². The fourth-order valence-electron chi connectivity index (χ4n) is 1.98. The van der Waals surface area contributed by atoms with Gasteiger partial charge >= 0.3 is 0 Å². The van der Waals surface area contributed by atoms with Crippen LogP contribution in [0.25, 0.3) is 0 Å². The lowest BCUT2D eigenvalue weighted by Crippen LogP contribution is -2.36. The first-order chi connectivity index (χ1) is 8.33. The van der Waals surface area contributed by atoms with Gasteiger partial charge in [-0.2, -0.15) is 0 Å². The maximum Gasteiger partial charge on any atom is 0.233 e. The number of rotatable bonds is 9. The molecule has 5 heteroatoms. The van der Waals surface area contributed by atoms with E-state index in [4.69, 9.17) is 4.74 Å². The zero-order valence-corrected chi connectivity index (χ0v) is 10.8. The van der Waals surface area contributed by atoms with Gasteiger partial charge in [0.15, 0.2) is 0 Å². The molecule has 1 fully saturated rings. The average molecular weight is 243 g/mol. The number of likely N-dealkylation sites (tertiary alicyclic amines) is 1. The molecule has 0 radical (unpaired) electrons. The summed E-state index contributed by atoms with van der Waals surface area (Å²) in [5.41, 5.74) is 0. The van der Waals surface area contributed by atoms with Gasteiger partial charge in [-0.05, 0) is 38.9 Å². The van der Waals surface area contributed by atoms with Gasteiger partial charge in [0.1, 0.15) is 0 Å². The van der Waals surface area contributed by atoms with Crippen molar-refractivity contribution >= 4 is 5.91 Å². The van der Waals surface area contributed by atoms with Gasteiger partial charge in [0.25, 0.3) is 0 Å². The molecule has 5 nitrogen and oxygen atoms in total. The van der Waals surface area contributed by atoms with Crippen molar-refractivity contribution in [2.24, 2.45) is 0 Å². The summed E-state index contributed by atoms with van der Waals surface area (Å²) in [5, 5.41) is 5.94. The van der Waals surface area contributed by atoms with Gasteiger partial charge in [0.05, 0.1) is 13.2 Å². The molecular formula is C12H25N3O2. The average Bonchev–Trinajstić information content (AvgIpc) is 2.83. The van der Waals surface area contributed by atoms with E-state index >= 15 is 0 Å². The Morgan fingerprint density at radius 2 is 2.06 bits per heavy atom. The highest BCUT2D eigenvalue weighted by Crippen LogP contribution is 2.06. The van der Waals surface area contributed by atoms with E-state index < -0.39 is 0 Å². The van der Waals surface area contributed by atoms with Crippen molar-refractivity contribution in [3.8, 4) is 0 Å². The van der Waals surface area contributed by atoms with Crippen LogP contribution in [0.3, 0.4) is 0 Å². The summed E-state index contributed by atoms with van der Waals surface area (Å²) in [6.45, 7) is 6.09. The van der Waals surface area contributed by atoms with E-state index in [-0.39, 0.29) is 5.91 Å². The van der Waals surface area contributed by atoms with Crippen molar-refractivity contribution in [2.45, 2.75) is 19.3 Å². The predicted octanol–water partition coefficient (Wildman–Crippen LogP) is -0.175. The molecule has 1 saturated heterocycles. The molecule has 1 rings (SSSR count). The normalized spacial score (nSPS) is 16.3. The minimum absolute atomic E-state index is 0.0718. The van der Waals surface area contributed by atoms with Crippen LogP contribution < -0.4 is 10.6 Å². The van der Waals surface area contributed by atoms with Crippen LogP contribution in [-0.2, 0) is 9.53 Å². The second-order valence-corrected chi connectivity index (χ2v) is 4.42. The van der Waals surface area contributed by atoms with Crippen LogP contribution in [0.15, 0.2) is 0 Å². The van der Waals surface area contributed by atoms with Crippen molar-refractivity contribution in [1.82, 2.24) is 15.5 Å². The highest BCUT2D eigenvalue weighted by Gasteiger charge is 2.10. The first kappa shape index (κ1) is 14.4. The zero-order valence-electron chi connectivity index (χ0n) is 10.8. The van der Waals surface area contributed by atoms with Crippen LogP contribution in [0.1, 0.15) is 19.3 Å². The first-order valence-corrected chi connectivity index (χ1v) is 6.51. The molecule has 0 aromatic carbocycles. The van der Waals surface area contributed by atoms with Crippen molar-refractivity contribution in [1.29, 1.82) is 0 Å². The molecule has 1 aliphatic heterocycles. The van der Waals surface area contributed by atoms with Crippen molar-refractivity contribution in [3.63, 3.8) is 0 Å². The van der Waals surface area contributed by atoms with E-state index in [9.17, 15) is 4.79 Å². The minimum Gasteiger partial charge on any atom is -0.383 e. The maximum atomic E-state index is 11.4. The highest BCUT2D eigenvalue weighted by molar-refractivity contribution is 5.77. The molecule has 0 saturated carbocycles. The summed E-state index contributed by atoms with van der Waals surface area (Å²) in [4.78, 5) is 13.8. The standard InChI is InChI=1S/C12H25N3O2/c1-17-10-6-13-11-12(16)14-5-4-9-15-7-2-3-8-15/h13H,2-11H2,1H3,(H,14,16). The van der Waals surface area contributed by atoms with Crippen LogP contribution in [0, 0.1) is 0 Å². The third-order valence-electron chi connectivity index (χ3n) is 2.94. The Balaban J connectivity index is 1.85. The number of hydrogen-bond donors (Lipinski definition) is 2. The smallest absolute Gasteiger partial charge is 0.233 e. The largest absolute Gasteiger partial charge is 0.383 e. The van der Waals surface area contributed by atoms with Gasteiger partial charge in [0, 0.05) is 20.2 Å². The number of nitrogens with zero attached hydrogens (tertiary/aromatic N) is 1. The number of carbonyl (C=O) groups excluding carboxylic acids is 1. The number of ether oxygens (including phenoxy) is 1. The lowest BCUT2D eigenvalue weighted by atomic mass is 10.4. The predicted molar refractivity (Wildman–Crippen MR) is 68.0 cm³/mol. The van der Waals surface area contributed by atoms with Gasteiger partial charge in [-0.1, -0.05) is 0 Å². The van der Waals surface area contributed by atoms with Crippen molar-refractivity contribution in [3.05, 3.63) is 0 Å².